The molecule has 4 amide bonds. The van der Waals surface area contributed by atoms with Gasteiger partial charge in [-0.1, -0.05) is 50.6 Å². The lowest BCUT2D eigenvalue weighted by molar-refractivity contribution is -0.141. The van der Waals surface area contributed by atoms with Gasteiger partial charge in [0, 0.05) is 13.3 Å². The van der Waals surface area contributed by atoms with Gasteiger partial charge in [-0.05, 0) is 11.5 Å². The summed E-state index contributed by atoms with van der Waals surface area (Å²) < 4.78 is 4.52. The van der Waals surface area contributed by atoms with Crippen molar-refractivity contribution < 1.29 is 28.7 Å². The fourth-order valence-electron chi connectivity index (χ4n) is 2.81. The maximum Gasteiger partial charge on any atom is 0.325 e. The van der Waals surface area contributed by atoms with Gasteiger partial charge < -0.3 is 26.0 Å². The van der Waals surface area contributed by atoms with E-state index >= 15 is 0 Å². The summed E-state index contributed by atoms with van der Waals surface area (Å²) in [4.78, 5) is 60.3. The van der Waals surface area contributed by atoms with Crippen molar-refractivity contribution in [1.82, 2.24) is 21.3 Å². The number of hydrogen-bond acceptors (Lipinski definition) is 6. The van der Waals surface area contributed by atoms with Crippen molar-refractivity contribution in [2.24, 2.45) is 5.92 Å². The molecule has 10 nitrogen and oxygen atoms in total. The molecule has 32 heavy (non-hydrogen) atoms. The molecular formula is C22H32N4O6. The predicted octanol–water partition coefficient (Wildman–Crippen LogP) is -0.330. The number of ether oxygens (including phenoxy) is 1. The number of carbonyl (C=O) groups is 5. The third kappa shape index (κ3) is 9.59. The molecule has 0 aromatic heterocycles. The lowest BCUT2D eigenvalue weighted by Gasteiger charge is -2.26. The summed E-state index contributed by atoms with van der Waals surface area (Å²) >= 11 is 0. The first kappa shape index (κ1) is 26.6. The summed E-state index contributed by atoms with van der Waals surface area (Å²) in [6.45, 7) is 4.35. The van der Waals surface area contributed by atoms with Crippen LogP contribution in [-0.2, 0) is 35.1 Å². The standard InChI is InChI=1S/C22H32N4O6/c1-5-14(2)20(22(31)24-13-19(29)32-4)26-21(30)17(11-16-9-7-6-8-10-16)25-18(28)12-23-15(3)27/h6-10,14,17,20H,5,11-13H2,1-4H3,(H,23,27)(H,24,31)(H,25,28)(H,26,30)/t14-,17-,20-/m0/s1. The Balaban J connectivity index is 2.97. The molecule has 0 aliphatic heterocycles. The summed E-state index contributed by atoms with van der Waals surface area (Å²) in [5.74, 6) is -2.83. The highest BCUT2D eigenvalue weighted by Crippen LogP contribution is 2.10. The van der Waals surface area contributed by atoms with Crippen LogP contribution in [0.1, 0.15) is 32.8 Å². The molecule has 0 bridgehead atoms. The normalized spacial score (nSPS) is 13.1. The Morgan fingerprint density at radius 1 is 0.938 bits per heavy atom. The number of rotatable bonds is 12. The molecule has 0 fully saturated rings. The van der Waals surface area contributed by atoms with Crippen molar-refractivity contribution >= 4 is 29.6 Å². The van der Waals surface area contributed by atoms with Gasteiger partial charge in [0.15, 0.2) is 0 Å². The summed E-state index contributed by atoms with van der Waals surface area (Å²) in [7, 11) is 1.21. The fourth-order valence-corrected chi connectivity index (χ4v) is 2.81. The minimum atomic E-state index is -0.973. The van der Waals surface area contributed by atoms with Gasteiger partial charge in [-0.15, -0.1) is 0 Å². The molecule has 0 spiro atoms. The Morgan fingerprint density at radius 3 is 2.16 bits per heavy atom. The highest BCUT2D eigenvalue weighted by molar-refractivity contribution is 5.94. The zero-order chi connectivity index (χ0) is 24.1. The van der Waals surface area contributed by atoms with Crippen molar-refractivity contribution in [3.8, 4) is 0 Å². The van der Waals surface area contributed by atoms with Crippen molar-refractivity contribution in [2.45, 2.75) is 45.7 Å². The van der Waals surface area contributed by atoms with Crippen LogP contribution in [0, 0.1) is 5.92 Å². The Bertz CT molecular complexity index is 799. The van der Waals surface area contributed by atoms with Crippen molar-refractivity contribution in [3.05, 3.63) is 35.9 Å². The molecule has 0 heterocycles. The van der Waals surface area contributed by atoms with E-state index in [-0.39, 0.29) is 31.3 Å². The van der Waals surface area contributed by atoms with E-state index in [4.69, 9.17) is 0 Å². The van der Waals surface area contributed by atoms with Gasteiger partial charge >= 0.3 is 5.97 Å². The molecular weight excluding hydrogens is 416 g/mol. The molecule has 10 heteroatoms. The smallest absolute Gasteiger partial charge is 0.325 e. The van der Waals surface area contributed by atoms with Gasteiger partial charge in [-0.25, -0.2) is 0 Å². The average molecular weight is 449 g/mol. The monoisotopic (exact) mass is 448 g/mol. The maximum absolute atomic E-state index is 13.1. The first-order valence-electron chi connectivity index (χ1n) is 10.4. The van der Waals surface area contributed by atoms with E-state index in [0.717, 1.165) is 5.56 Å². The van der Waals surface area contributed by atoms with Crippen LogP contribution in [0.2, 0.25) is 0 Å². The molecule has 0 aliphatic rings. The minimum absolute atomic E-state index is 0.190. The Labute approximate surface area is 187 Å². The molecule has 0 saturated carbocycles. The highest BCUT2D eigenvalue weighted by atomic mass is 16.5. The molecule has 0 aliphatic carbocycles. The van der Waals surface area contributed by atoms with Gasteiger partial charge in [0.25, 0.3) is 0 Å². The molecule has 4 N–H and O–H groups in total. The second kappa shape index (κ2) is 13.8. The first-order valence-corrected chi connectivity index (χ1v) is 10.4. The number of benzene rings is 1. The third-order valence-electron chi connectivity index (χ3n) is 4.86. The number of methoxy groups -OCH3 is 1. The van der Waals surface area contributed by atoms with E-state index in [1.807, 2.05) is 37.3 Å². The van der Waals surface area contributed by atoms with Crippen molar-refractivity contribution in [3.63, 3.8) is 0 Å². The largest absolute Gasteiger partial charge is 0.468 e. The van der Waals surface area contributed by atoms with Crippen LogP contribution < -0.4 is 21.3 Å². The van der Waals surface area contributed by atoms with E-state index in [0.29, 0.717) is 6.42 Å². The van der Waals surface area contributed by atoms with E-state index in [2.05, 4.69) is 26.0 Å². The Kier molecular flexibility index (Phi) is 11.5. The van der Waals surface area contributed by atoms with Crippen molar-refractivity contribution in [2.75, 3.05) is 20.2 Å². The highest BCUT2D eigenvalue weighted by Gasteiger charge is 2.30. The molecule has 1 aromatic rings. The minimum Gasteiger partial charge on any atom is -0.468 e. The van der Waals surface area contributed by atoms with Crippen molar-refractivity contribution in [1.29, 1.82) is 0 Å². The third-order valence-corrected chi connectivity index (χ3v) is 4.86. The van der Waals surface area contributed by atoms with Gasteiger partial charge in [-0.3, -0.25) is 24.0 Å². The van der Waals surface area contributed by atoms with Crippen LogP contribution in [0.4, 0.5) is 0 Å². The topological polar surface area (TPSA) is 143 Å². The van der Waals surface area contributed by atoms with E-state index in [1.54, 1.807) is 6.92 Å². The summed E-state index contributed by atoms with van der Waals surface area (Å²) in [6.07, 6.45) is 0.782. The van der Waals surface area contributed by atoms with Gasteiger partial charge in [0.1, 0.15) is 18.6 Å². The molecule has 1 aromatic carbocycles. The molecule has 3 atom stereocenters. The van der Waals surface area contributed by atoms with Crippen LogP contribution in [0.5, 0.6) is 0 Å². The number of esters is 1. The number of amides is 4. The van der Waals surface area contributed by atoms with Crippen LogP contribution in [0.25, 0.3) is 0 Å². The molecule has 1 rings (SSSR count). The van der Waals surface area contributed by atoms with Crippen LogP contribution in [0.3, 0.4) is 0 Å². The zero-order valence-electron chi connectivity index (χ0n) is 18.9. The Hall–Kier alpha value is -3.43. The summed E-state index contributed by atoms with van der Waals surface area (Å²) in [5.41, 5.74) is 0.808. The SMILES string of the molecule is CC[C@H](C)[C@H](NC(=O)[C@H](Cc1ccccc1)NC(=O)CNC(C)=O)C(=O)NCC(=O)OC. The van der Waals surface area contributed by atoms with Gasteiger partial charge in [0.05, 0.1) is 13.7 Å². The van der Waals surface area contributed by atoms with E-state index in [1.165, 1.54) is 14.0 Å². The molecule has 0 saturated heterocycles. The lowest BCUT2D eigenvalue weighted by Crippen LogP contribution is -2.57. The second-order valence-electron chi connectivity index (χ2n) is 7.39. The van der Waals surface area contributed by atoms with E-state index in [9.17, 15) is 24.0 Å². The first-order chi connectivity index (χ1) is 15.2. The van der Waals surface area contributed by atoms with E-state index < -0.39 is 35.8 Å². The molecule has 0 radical (unpaired) electrons. The number of hydrogen-bond donors (Lipinski definition) is 4. The molecule has 0 unspecified atom stereocenters. The average Bonchev–Trinajstić information content (AvgIpc) is 2.78. The fraction of sp³-hybridized carbons (Fsp3) is 0.500. The zero-order valence-corrected chi connectivity index (χ0v) is 18.9. The summed E-state index contributed by atoms with van der Waals surface area (Å²) in [5, 5.41) is 10.1. The van der Waals surface area contributed by atoms with Crippen LogP contribution in [-0.4, -0.2) is 61.9 Å². The maximum atomic E-state index is 13.1. The number of nitrogens with one attached hydrogen (secondary N) is 4. The number of carbonyl (C=O) groups excluding carboxylic acids is 5. The predicted molar refractivity (Wildman–Crippen MR) is 117 cm³/mol. The lowest BCUT2D eigenvalue weighted by atomic mass is 9.97. The van der Waals surface area contributed by atoms with Gasteiger partial charge in [0.2, 0.25) is 23.6 Å². The Morgan fingerprint density at radius 2 is 1.59 bits per heavy atom. The second-order valence-corrected chi connectivity index (χ2v) is 7.39. The van der Waals surface area contributed by atoms with Gasteiger partial charge in [-0.2, -0.15) is 0 Å². The van der Waals surface area contributed by atoms with Crippen LogP contribution >= 0.6 is 0 Å². The quantitative estimate of drug-likeness (QED) is 0.323. The van der Waals surface area contributed by atoms with Crippen LogP contribution in [0.15, 0.2) is 30.3 Å². The summed E-state index contributed by atoms with van der Waals surface area (Å²) in [6, 6.07) is 7.20. The molecule has 176 valence electrons.